The number of rotatable bonds is 5. The number of ether oxygens (including phenoxy) is 1. The minimum atomic E-state index is -1.67. The third kappa shape index (κ3) is 3.47. The number of imide groups is 1. The van der Waals surface area contributed by atoms with Crippen molar-refractivity contribution in [1.29, 1.82) is 0 Å². The number of Topliss-reactive ketones (excluding diaryl/α,β-unsaturated/α-hetero) is 1. The summed E-state index contributed by atoms with van der Waals surface area (Å²) in [5, 5.41) is 5.06. The van der Waals surface area contributed by atoms with Crippen molar-refractivity contribution < 1.29 is 41.9 Å². The van der Waals surface area contributed by atoms with Crippen molar-refractivity contribution in [1.82, 2.24) is 15.5 Å². The number of hydrogen-bond acceptors (Lipinski definition) is 7. The molecule has 1 aromatic heterocycles. The molecule has 6 rings (SSSR count). The Hall–Kier alpha value is -4.61. The molecule has 3 aliphatic heterocycles. The zero-order valence-electron chi connectivity index (χ0n) is 20.8. The number of benzene rings is 2. The third-order valence-corrected chi connectivity index (χ3v) is 7.77. The number of fused-ring (bicyclic) bond motifs is 2. The van der Waals surface area contributed by atoms with Gasteiger partial charge < -0.3 is 19.4 Å². The number of ketones is 1. The molecule has 2 atom stereocenters. The third-order valence-electron chi connectivity index (χ3n) is 7.77. The lowest BCUT2D eigenvalue weighted by Gasteiger charge is -2.28. The van der Waals surface area contributed by atoms with Crippen LogP contribution in [-0.4, -0.2) is 48.0 Å². The standard InChI is InChI=1S/C27H21F2N3O7/c1-26(18(33)8-20(34)31-26)14-5-13-6-19(39-17(13)7-15(14)28)27(9-21(35)30-25(27)37)11-32-10-12-3-4-16(38-2)23(29)22(12)24(32)36/h3-7H,8-11H2,1-2H3,(H,31,34)(H,30,35,37)/t26?,27-/m1/s1. The molecule has 39 heavy (non-hydrogen) atoms. The van der Waals surface area contributed by atoms with Gasteiger partial charge in [0.15, 0.2) is 17.3 Å². The first kappa shape index (κ1) is 24.7. The first-order valence-electron chi connectivity index (χ1n) is 12.0. The number of carbonyl (C=O) groups is 5. The molecule has 0 saturated carbocycles. The monoisotopic (exact) mass is 537 g/mol. The summed E-state index contributed by atoms with van der Waals surface area (Å²) >= 11 is 0. The van der Waals surface area contributed by atoms with Crippen molar-refractivity contribution in [2.45, 2.75) is 37.3 Å². The highest BCUT2D eigenvalue weighted by Crippen LogP contribution is 2.41. The fourth-order valence-corrected chi connectivity index (χ4v) is 5.67. The van der Waals surface area contributed by atoms with E-state index in [1.807, 2.05) is 0 Å². The Kier molecular flexibility index (Phi) is 5.19. The summed E-state index contributed by atoms with van der Waals surface area (Å²) < 4.78 is 40.9. The largest absolute Gasteiger partial charge is 0.494 e. The van der Waals surface area contributed by atoms with Gasteiger partial charge in [-0.15, -0.1) is 0 Å². The molecule has 1 unspecified atom stereocenters. The van der Waals surface area contributed by atoms with Crippen LogP contribution in [0.2, 0.25) is 0 Å². The van der Waals surface area contributed by atoms with Crippen molar-refractivity contribution in [3.63, 3.8) is 0 Å². The van der Waals surface area contributed by atoms with Gasteiger partial charge >= 0.3 is 0 Å². The first-order valence-corrected chi connectivity index (χ1v) is 12.0. The lowest BCUT2D eigenvalue weighted by atomic mass is 9.82. The molecule has 12 heteroatoms. The number of carbonyl (C=O) groups excluding carboxylic acids is 5. The topological polar surface area (TPSA) is 135 Å². The molecule has 10 nitrogen and oxygen atoms in total. The van der Waals surface area contributed by atoms with Gasteiger partial charge in [0.25, 0.3) is 5.91 Å². The van der Waals surface area contributed by atoms with Gasteiger partial charge in [0.05, 0.1) is 25.5 Å². The van der Waals surface area contributed by atoms with Crippen molar-refractivity contribution in [2.75, 3.05) is 13.7 Å². The average molecular weight is 537 g/mol. The van der Waals surface area contributed by atoms with E-state index in [2.05, 4.69) is 10.6 Å². The predicted octanol–water partition coefficient (Wildman–Crippen LogP) is 1.96. The van der Waals surface area contributed by atoms with Crippen LogP contribution in [0.25, 0.3) is 11.0 Å². The summed E-state index contributed by atoms with van der Waals surface area (Å²) in [4.78, 5) is 64.3. The summed E-state index contributed by atoms with van der Waals surface area (Å²) in [6, 6.07) is 6.78. The number of nitrogens with zero attached hydrogens (tertiary/aromatic N) is 1. The number of amides is 4. The smallest absolute Gasteiger partial charge is 0.257 e. The Morgan fingerprint density at radius 1 is 1.08 bits per heavy atom. The van der Waals surface area contributed by atoms with Crippen LogP contribution >= 0.6 is 0 Å². The second-order valence-corrected chi connectivity index (χ2v) is 10.2. The zero-order valence-corrected chi connectivity index (χ0v) is 20.8. The van der Waals surface area contributed by atoms with Gasteiger partial charge in [0.1, 0.15) is 28.1 Å². The van der Waals surface area contributed by atoms with Crippen molar-refractivity contribution in [3.8, 4) is 5.75 Å². The number of hydrogen-bond donors (Lipinski definition) is 2. The summed E-state index contributed by atoms with van der Waals surface area (Å²) in [5.41, 5.74) is -3.08. The Morgan fingerprint density at radius 3 is 2.49 bits per heavy atom. The van der Waals surface area contributed by atoms with E-state index in [1.54, 1.807) is 6.07 Å². The number of furan rings is 1. The van der Waals surface area contributed by atoms with Gasteiger partial charge in [0, 0.05) is 30.1 Å². The Bertz CT molecular complexity index is 1660. The first-order chi connectivity index (χ1) is 18.5. The highest BCUT2D eigenvalue weighted by molar-refractivity contribution is 6.11. The van der Waals surface area contributed by atoms with E-state index in [-0.39, 0.29) is 54.2 Å². The van der Waals surface area contributed by atoms with Gasteiger partial charge in [0.2, 0.25) is 17.7 Å². The SMILES string of the molecule is COc1ccc2c(c1F)C(=O)N(C[C@@]1(c3cc4cc(C5(C)NC(=O)CC5=O)c(F)cc4o3)CC(=O)NC1=O)C2. The highest BCUT2D eigenvalue weighted by Gasteiger charge is 2.53. The minimum absolute atomic E-state index is 0.00820. The molecule has 2 saturated heterocycles. The quantitative estimate of drug-likeness (QED) is 0.375. The molecule has 2 aromatic carbocycles. The molecule has 2 fully saturated rings. The summed E-state index contributed by atoms with van der Waals surface area (Å²) in [6.45, 7) is 1.07. The van der Waals surface area contributed by atoms with Gasteiger partial charge in [-0.2, -0.15) is 0 Å². The maximum absolute atomic E-state index is 15.2. The molecule has 200 valence electrons. The van der Waals surface area contributed by atoms with E-state index in [1.165, 1.54) is 37.1 Å². The van der Waals surface area contributed by atoms with Gasteiger partial charge in [-0.3, -0.25) is 29.3 Å². The molecule has 4 heterocycles. The molecule has 0 bridgehead atoms. The fourth-order valence-electron chi connectivity index (χ4n) is 5.67. The van der Waals surface area contributed by atoms with Crippen molar-refractivity contribution >= 4 is 40.4 Å². The normalized spacial score (nSPS) is 24.5. The van der Waals surface area contributed by atoms with E-state index in [9.17, 15) is 28.4 Å². The van der Waals surface area contributed by atoms with E-state index >= 15 is 4.39 Å². The maximum atomic E-state index is 15.2. The van der Waals surface area contributed by atoms with Crippen LogP contribution in [0.4, 0.5) is 8.78 Å². The van der Waals surface area contributed by atoms with Crippen LogP contribution in [0.1, 0.15) is 47.0 Å². The van der Waals surface area contributed by atoms with Crippen molar-refractivity contribution in [3.05, 3.63) is 64.4 Å². The number of methoxy groups -OCH3 is 1. The summed E-state index contributed by atoms with van der Waals surface area (Å²) in [7, 11) is 1.28. The maximum Gasteiger partial charge on any atom is 0.257 e. The molecule has 3 aliphatic rings. The fraction of sp³-hybridized carbons (Fsp3) is 0.296. The average Bonchev–Trinajstić information content (AvgIpc) is 3.58. The lowest BCUT2D eigenvalue weighted by Crippen LogP contribution is -2.46. The molecular weight excluding hydrogens is 516 g/mol. The van der Waals surface area contributed by atoms with E-state index < -0.39 is 52.0 Å². The lowest BCUT2D eigenvalue weighted by molar-refractivity contribution is -0.127. The second-order valence-electron chi connectivity index (χ2n) is 10.2. The second kappa shape index (κ2) is 8.19. The number of nitrogens with one attached hydrogen (secondary N) is 2. The van der Waals surface area contributed by atoms with Gasteiger partial charge in [-0.1, -0.05) is 6.07 Å². The van der Waals surface area contributed by atoms with Crippen LogP contribution < -0.4 is 15.4 Å². The van der Waals surface area contributed by atoms with Crippen LogP contribution in [0, 0.1) is 11.6 Å². The van der Waals surface area contributed by atoms with Crippen LogP contribution in [0.15, 0.2) is 34.7 Å². The molecule has 0 spiro atoms. The highest BCUT2D eigenvalue weighted by atomic mass is 19.1. The Balaban J connectivity index is 1.41. The Labute approximate surface area is 219 Å². The number of halogens is 2. The summed E-state index contributed by atoms with van der Waals surface area (Å²) in [6.07, 6.45) is -0.742. The molecule has 0 radical (unpaired) electrons. The van der Waals surface area contributed by atoms with E-state index in [0.717, 1.165) is 6.07 Å². The van der Waals surface area contributed by atoms with E-state index in [4.69, 9.17) is 9.15 Å². The van der Waals surface area contributed by atoms with Gasteiger partial charge in [-0.25, -0.2) is 8.78 Å². The molecule has 2 N–H and O–H groups in total. The molecule has 3 aromatic rings. The van der Waals surface area contributed by atoms with Crippen molar-refractivity contribution in [2.24, 2.45) is 0 Å². The van der Waals surface area contributed by atoms with Gasteiger partial charge in [-0.05, 0) is 30.7 Å². The predicted molar refractivity (Wildman–Crippen MR) is 128 cm³/mol. The Morgan fingerprint density at radius 2 is 1.85 bits per heavy atom. The minimum Gasteiger partial charge on any atom is -0.494 e. The molecule has 4 amide bonds. The molecule has 0 aliphatic carbocycles. The van der Waals surface area contributed by atoms with E-state index in [0.29, 0.717) is 10.9 Å². The van der Waals surface area contributed by atoms with Crippen LogP contribution in [0.5, 0.6) is 5.75 Å². The molecular formula is C27H21F2N3O7. The van der Waals surface area contributed by atoms with Crippen LogP contribution in [0.3, 0.4) is 0 Å². The summed E-state index contributed by atoms with van der Waals surface area (Å²) in [5.74, 6) is -4.77. The van der Waals surface area contributed by atoms with Crippen LogP contribution in [-0.2, 0) is 36.7 Å². The zero-order chi connectivity index (χ0) is 27.9.